The second kappa shape index (κ2) is 8.40. The minimum Gasteiger partial charge on any atom is -0.491 e. The van der Waals surface area contributed by atoms with E-state index in [2.05, 4.69) is 12.2 Å². The maximum Gasteiger partial charge on any atom is 0.251 e. The number of anilines is 1. The van der Waals surface area contributed by atoms with Crippen LogP contribution in [-0.2, 0) is 0 Å². The first kappa shape index (κ1) is 15.3. The molecule has 0 aliphatic heterocycles. The Morgan fingerprint density at radius 3 is 2.68 bits per heavy atom. The second-order valence-corrected chi connectivity index (χ2v) is 4.56. The maximum atomic E-state index is 11.9. The molecular formula is C15H24N2O2. The third-order valence-electron chi connectivity index (χ3n) is 2.80. The highest BCUT2D eigenvalue weighted by molar-refractivity contribution is 5.95. The molecule has 0 radical (unpaired) electrons. The molecule has 106 valence electrons. The molecule has 0 atom stereocenters. The van der Waals surface area contributed by atoms with Crippen molar-refractivity contribution in [3.05, 3.63) is 23.8 Å². The number of hydrogen-bond acceptors (Lipinski definition) is 3. The molecule has 1 amide bonds. The molecule has 4 nitrogen and oxygen atoms in total. The number of nitrogen functional groups attached to an aromatic ring is 1. The zero-order chi connectivity index (χ0) is 14.1. The molecule has 0 unspecified atom stereocenters. The maximum absolute atomic E-state index is 11.9. The minimum absolute atomic E-state index is 0.0788. The van der Waals surface area contributed by atoms with Crippen molar-refractivity contribution in [1.29, 1.82) is 0 Å². The molecule has 1 aromatic rings. The molecule has 3 N–H and O–H groups in total. The third-order valence-corrected chi connectivity index (χ3v) is 2.80. The van der Waals surface area contributed by atoms with E-state index in [0.717, 1.165) is 25.7 Å². The quantitative estimate of drug-likeness (QED) is 0.560. The van der Waals surface area contributed by atoms with Gasteiger partial charge in [-0.3, -0.25) is 4.79 Å². The van der Waals surface area contributed by atoms with Crippen molar-refractivity contribution in [1.82, 2.24) is 5.32 Å². The first-order valence-corrected chi connectivity index (χ1v) is 6.99. The highest BCUT2D eigenvalue weighted by atomic mass is 16.5. The Balaban J connectivity index is 2.54. The zero-order valence-corrected chi connectivity index (χ0v) is 11.9. The van der Waals surface area contributed by atoms with Gasteiger partial charge in [-0.2, -0.15) is 0 Å². The lowest BCUT2D eigenvalue weighted by molar-refractivity contribution is 0.0953. The summed E-state index contributed by atoms with van der Waals surface area (Å²) in [5, 5.41) is 2.89. The lowest BCUT2D eigenvalue weighted by Gasteiger charge is -2.10. The van der Waals surface area contributed by atoms with Gasteiger partial charge in [-0.25, -0.2) is 0 Å². The molecule has 0 saturated heterocycles. The van der Waals surface area contributed by atoms with Gasteiger partial charge < -0.3 is 15.8 Å². The normalized spacial score (nSPS) is 10.2. The number of carbonyl (C=O) groups excluding carboxylic acids is 1. The topological polar surface area (TPSA) is 64.3 Å². The van der Waals surface area contributed by atoms with Crippen LogP contribution in [0.15, 0.2) is 18.2 Å². The molecule has 19 heavy (non-hydrogen) atoms. The van der Waals surface area contributed by atoms with Gasteiger partial charge in [0.05, 0.1) is 12.3 Å². The van der Waals surface area contributed by atoms with Crippen molar-refractivity contribution in [2.75, 3.05) is 18.9 Å². The van der Waals surface area contributed by atoms with Crippen LogP contribution >= 0.6 is 0 Å². The van der Waals surface area contributed by atoms with Crippen LogP contribution in [-0.4, -0.2) is 19.1 Å². The van der Waals surface area contributed by atoms with E-state index < -0.39 is 0 Å². The van der Waals surface area contributed by atoms with E-state index in [9.17, 15) is 4.79 Å². The SMILES string of the molecule is CCCCCNC(=O)c1ccc(OCCC)c(N)c1. The number of nitrogens with two attached hydrogens (primary N) is 1. The van der Waals surface area contributed by atoms with E-state index in [4.69, 9.17) is 10.5 Å². The van der Waals surface area contributed by atoms with Crippen molar-refractivity contribution >= 4 is 11.6 Å². The van der Waals surface area contributed by atoms with Crippen molar-refractivity contribution in [3.8, 4) is 5.75 Å². The Kier molecular flexibility index (Phi) is 6.79. The van der Waals surface area contributed by atoms with Crippen molar-refractivity contribution in [2.24, 2.45) is 0 Å². The van der Waals surface area contributed by atoms with Crippen molar-refractivity contribution in [2.45, 2.75) is 39.5 Å². The molecule has 0 saturated carbocycles. The molecule has 0 aliphatic carbocycles. The predicted molar refractivity (Wildman–Crippen MR) is 78.5 cm³/mol. The summed E-state index contributed by atoms with van der Waals surface area (Å²) in [6.07, 6.45) is 4.22. The summed E-state index contributed by atoms with van der Waals surface area (Å²) < 4.78 is 5.48. The predicted octanol–water partition coefficient (Wildman–Crippen LogP) is 2.98. The van der Waals surface area contributed by atoms with Gasteiger partial charge in [0.15, 0.2) is 0 Å². The van der Waals surface area contributed by atoms with Gasteiger partial charge in [-0.05, 0) is 31.0 Å². The Hall–Kier alpha value is -1.71. The number of rotatable bonds is 8. The Bertz CT molecular complexity index is 405. The molecule has 1 aromatic carbocycles. The molecule has 1 rings (SSSR count). The summed E-state index contributed by atoms with van der Waals surface area (Å²) >= 11 is 0. The monoisotopic (exact) mass is 264 g/mol. The van der Waals surface area contributed by atoms with Gasteiger partial charge in [-0.15, -0.1) is 0 Å². The summed E-state index contributed by atoms with van der Waals surface area (Å²) in [6, 6.07) is 5.17. The smallest absolute Gasteiger partial charge is 0.251 e. The lowest BCUT2D eigenvalue weighted by atomic mass is 10.1. The number of unbranched alkanes of at least 4 members (excludes halogenated alkanes) is 2. The third kappa shape index (κ3) is 5.20. The van der Waals surface area contributed by atoms with Crippen LogP contribution in [0.2, 0.25) is 0 Å². The van der Waals surface area contributed by atoms with Gasteiger partial charge >= 0.3 is 0 Å². The molecule has 0 aromatic heterocycles. The Morgan fingerprint density at radius 2 is 2.05 bits per heavy atom. The summed E-state index contributed by atoms with van der Waals surface area (Å²) in [6.45, 7) is 5.51. The number of nitrogens with one attached hydrogen (secondary N) is 1. The summed E-state index contributed by atoms with van der Waals surface area (Å²) in [7, 11) is 0. The fraction of sp³-hybridized carbons (Fsp3) is 0.533. The zero-order valence-electron chi connectivity index (χ0n) is 11.9. The number of ether oxygens (including phenoxy) is 1. The standard InChI is InChI=1S/C15H24N2O2/c1-3-5-6-9-17-15(18)12-7-8-14(13(16)11-12)19-10-4-2/h7-8,11H,3-6,9-10,16H2,1-2H3,(H,17,18). The molecule has 0 heterocycles. The fourth-order valence-corrected chi connectivity index (χ4v) is 1.71. The van der Waals surface area contributed by atoms with E-state index in [-0.39, 0.29) is 5.91 Å². The Labute approximate surface area is 115 Å². The van der Waals surface area contributed by atoms with Gasteiger partial charge in [0.1, 0.15) is 5.75 Å². The molecule has 0 bridgehead atoms. The van der Waals surface area contributed by atoms with E-state index in [1.165, 1.54) is 0 Å². The number of benzene rings is 1. The molecule has 0 spiro atoms. The first-order chi connectivity index (χ1) is 9.19. The fourth-order valence-electron chi connectivity index (χ4n) is 1.71. The average Bonchev–Trinajstić information content (AvgIpc) is 2.42. The average molecular weight is 264 g/mol. The number of carbonyl (C=O) groups is 1. The summed E-state index contributed by atoms with van der Waals surface area (Å²) in [5.41, 5.74) is 6.96. The van der Waals surface area contributed by atoms with E-state index in [0.29, 0.717) is 30.2 Å². The van der Waals surface area contributed by atoms with E-state index in [1.807, 2.05) is 6.92 Å². The number of amides is 1. The summed E-state index contributed by atoms with van der Waals surface area (Å²) in [5.74, 6) is 0.564. The van der Waals surface area contributed by atoms with Crippen LogP contribution in [0, 0.1) is 0 Å². The highest BCUT2D eigenvalue weighted by Crippen LogP contribution is 2.22. The molecule has 4 heteroatoms. The number of hydrogen-bond donors (Lipinski definition) is 2. The van der Waals surface area contributed by atoms with Crippen molar-refractivity contribution < 1.29 is 9.53 Å². The van der Waals surface area contributed by atoms with Crippen LogP contribution < -0.4 is 15.8 Å². The first-order valence-electron chi connectivity index (χ1n) is 6.99. The highest BCUT2D eigenvalue weighted by Gasteiger charge is 2.08. The summed E-state index contributed by atoms with van der Waals surface area (Å²) in [4.78, 5) is 11.9. The minimum atomic E-state index is -0.0788. The molecule has 0 fully saturated rings. The second-order valence-electron chi connectivity index (χ2n) is 4.56. The van der Waals surface area contributed by atoms with Gasteiger partial charge in [0.25, 0.3) is 5.91 Å². The van der Waals surface area contributed by atoms with Crippen LogP contribution in [0.4, 0.5) is 5.69 Å². The van der Waals surface area contributed by atoms with E-state index in [1.54, 1.807) is 18.2 Å². The van der Waals surface area contributed by atoms with Crippen LogP contribution in [0.25, 0.3) is 0 Å². The van der Waals surface area contributed by atoms with Crippen LogP contribution in [0.1, 0.15) is 49.9 Å². The lowest BCUT2D eigenvalue weighted by Crippen LogP contribution is -2.24. The van der Waals surface area contributed by atoms with Gasteiger partial charge in [-0.1, -0.05) is 26.7 Å². The molecule has 0 aliphatic rings. The van der Waals surface area contributed by atoms with Crippen LogP contribution in [0.3, 0.4) is 0 Å². The van der Waals surface area contributed by atoms with Crippen molar-refractivity contribution in [3.63, 3.8) is 0 Å². The van der Waals surface area contributed by atoms with Crippen LogP contribution in [0.5, 0.6) is 5.75 Å². The van der Waals surface area contributed by atoms with Gasteiger partial charge in [0, 0.05) is 12.1 Å². The molecular weight excluding hydrogens is 240 g/mol. The largest absolute Gasteiger partial charge is 0.491 e. The van der Waals surface area contributed by atoms with E-state index >= 15 is 0 Å². The van der Waals surface area contributed by atoms with Gasteiger partial charge in [0.2, 0.25) is 0 Å². The Morgan fingerprint density at radius 1 is 1.26 bits per heavy atom.